The lowest BCUT2D eigenvalue weighted by Crippen LogP contribution is -2.50. The molecule has 0 bridgehead atoms. The van der Waals surface area contributed by atoms with Crippen molar-refractivity contribution in [3.05, 3.63) is 50.1 Å². The summed E-state index contributed by atoms with van der Waals surface area (Å²) in [6.45, 7) is 9.75. The Morgan fingerprint density at radius 2 is 1.76 bits per heavy atom. The summed E-state index contributed by atoms with van der Waals surface area (Å²) in [6.07, 6.45) is 6.00. The van der Waals surface area contributed by atoms with E-state index in [0.29, 0.717) is 26.6 Å². The molecule has 0 aliphatic carbocycles. The van der Waals surface area contributed by atoms with Crippen molar-refractivity contribution in [2.75, 3.05) is 6.61 Å². The van der Waals surface area contributed by atoms with Crippen LogP contribution in [0.4, 0.5) is 4.79 Å². The van der Waals surface area contributed by atoms with E-state index in [-0.39, 0.29) is 24.1 Å². The van der Waals surface area contributed by atoms with Gasteiger partial charge in [0.05, 0.1) is 13.7 Å². The molecule has 0 saturated carbocycles. The number of hydrogen-bond donors (Lipinski definition) is 3. The van der Waals surface area contributed by atoms with Crippen molar-refractivity contribution in [3.63, 3.8) is 0 Å². The van der Waals surface area contributed by atoms with Gasteiger partial charge < -0.3 is 20.5 Å². The van der Waals surface area contributed by atoms with Crippen molar-refractivity contribution in [1.29, 1.82) is 0 Å². The van der Waals surface area contributed by atoms with Gasteiger partial charge in [-0.15, -0.1) is 13.2 Å². The van der Waals surface area contributed by atoms with Gasteiger partial charge in [0.15, 0.2) is 0 Å². The van der Waals surface area contributed by atoms with Crippen molar-refractivity contribution in [3.8, 4) is 5.75 Å². The van der Waals surface area contributed by atoms with Crippen molar-refractivity contribution >= 4 is 57.2 Å². The lowest BCUT2D eigenvalue weighted by Gasteiger charge is -2.22. The van der Waals surface area contributed by atoms with Crippen LogP contribution in [0.5, 0.6) is 5.75 Å². The number of amides is 2. The molecule has 0 spiro atoms. The molecule has 1 rings (SSSR count). The lowest BCUT2D eigenvalue weighted by atomic mass is 10.0. The average molecular weight is 626 g/mol. The second-order valence-electron chi connectivity index (χ2n) is 6.55. The highest BCUT2D eigenvalue weighted by Gasteiger charge is 2.24. The minimum atomic E-state index is -0.808. The Balaban J connectivity index is 2.97. The Hall–Kier alpha value is -1.30. The molecule has 0 aliphatic rings. The third kappa shape index (κ3) is 9.37. The average Bonchev–Trinajstić information content (AvgIpc) is 2.66. The molecular weight excluding hydrogens is 598 g/mol. The summed E-state index contributed by atoms with van der Waals surface area (Å²) in [5.41, 5.74) is 0.828. The second kappa shape index (κ2) is 13.8. The molecule has 0 aromatic heterocycles. The van der Waals surface area contributed by atoms with E-state index in [2.05, 4.69) is 23.8 Å². The van der Waals surface area contributed by atoms with Crippen LogP contribution in [0.15, 0.2) is 37.4 Å². The molecule has 29 heavy (non-hydrogen) atoms. The maximum atomic E-state index is 12.9. The van der Waals surface area contributed by atoms with Crippen LogP contribution in [0.3, 0.4) is 0 Å². The monoisotopic (exact) mass is 626 g/mol. The van der Waals surface area contributed by atoms with E-state index < -0.39 is 12.1 Å². The third-order valence-corrected chi connectivity index (χ3v) is 5.75. The number of alkyl carbamates (subject to hydrolysis) is 1. The maximum Gasteiger partial charge on any atom is 0.407 e. The van der Waals surface area contributed by atoms with Crippen LogP contribution in [-0.2, 0) is 16.0 Å². The lowest BCUT2D eigenvalue weighted by molar-refractivity contribution is -0.123. The van der Waals surface area contributed by atoms with Crippen molar-refractivity contribution in [2.24, 2.45) is 0 Å². The highest BCUT2D eigenvalue weighted by molar-refractivity contribution is 14.1. The van der Waals surface area contributed by atoms with Crippen LogP contribution in [0, 0.1) is 7.14 Å². The van der Waals surface area contributed by atoms with Gasteiger partial charge in [-0.1, -0.05) is 25.5 Å². The van der Waals surface area contributed by atoms with E-state index >= 15 is 0 Å². The van der Waals surface area contributed by atoms with E-state index in [0.717, 1.165) is 18.4 Å². The van der Waals surface area contributed by atoms with Gasteiger partial charge in [0.1, 0.15) is 11.8 Å². The molecule has 2 amide bonds. The van der Waals surface area contributed by atoms with Gasteiger partial charge in [-0.2, -0.15) is 0 Å². The van der Waals surface area contributed by atoms with Gasteiger partial charge in [0.25, 0.3) is 0 Å². The first-order valence-electron chi connectivity index (χ1n) is 9.44. The van der Waals surface area contributed by atoms with Gasteiger partial charge in [0, 0.05) is 12.5 Å². The number of rotatable bonds is 12. The molecule has 0 fully saturated rings. The summed E-state index contributed by atoms with van der Waals surface area (Å²) < 4.78 is 6.53. The summed E-state index contributed by atoms with van der Waals surface area (Å²) in [4.78, 5) is 25.1. The number of aromatic hydroxyl groups is 1. The van der Waals surface area contributed by atoms with Gasteiger partial charge >= 0.3 is 6.09 Å². The van der Waals surface area contributed by atoms with E-state index in [1.165, 1.54) is 0 Å². The zero-order valence-corrected chi connectivity index (χ0v) is 20.9. The Morgan fingerprint density at radius 3 is 2.28 bits per heavy atom. The number of phenols is 1. The molecule has 6 nitrogen and oxygen atoms in total. The van der Waals surface area contributed by atoms with Crippen LogP contribution in [0.1, 0.15) is 38.2 Å². The standard InChI is InChI=1S/C21H28I2N2O4/c1-4-7-10-29-21(28)25-18(20(27)24-15(8-5-2)9-6-3)13-14-11-16(22)19(26)17(23)12-14/h5-6,11-12,15,18,26H,2-4,7-10,13H2,1H3,(H,24,27)(H,25,28)/t18-/m1/s1. The van der Waals surface area contributed by atoms with Crippen LogP contribution >= 0.6 is 45.2 Å². The molecule has 0 aliphatic heterocycles. The predicted octanol–water partition coefficient (Wildman–Crippen LogP) is 4.68. The highest BCUT2D eigenvalue weighted by atomic mass is 127. The van der Waals surface area contributed by atoms with Crippen molar-refractivity contribution < 1.29 is 19.4 Å². The fraction of sp³-hybridized carbons (Fsp3) is 0.429. The van der Waals surface area contributed by atoms with E-state index in [1.54, 1.807) is 24.3 Å². The SMILES string of the molecule is C=CCC(CC=C)NC(=O)[C@@H](Cc1cc(I)c(O)c(I)c1)NC(=O)OCCCC. The molecule has 8 heteroatoms. The molecule has 0 radical (unpaired) electrons. The Labute approximate surface area is 199 Å². The molecule has 3 N–H and O–H groups in total. The highest BCUT2D eigenvalue weighted by Crippen LogP contribution is 2.27. The predicted molar refractivity (Wildman–Crippen MR) is 132 cm³/mol. The van der Waals surface area contributed by atoms with Crippen LogP contribution in [0.25, 0.3) is 0 Å². The second-order valence-corrected chi connectivity index (χ2v) is 8.88. The number of nitrogens with one attached hydrogen (secondary N) is 2. The smallest absolute Gasteiger partial charge is 0.407 e. The van der Waals surface area contributed by atoms with Gasteiger partial charge in [-0.25, -0.2) is 4.79 Å². The van der Waals surface area contributed by atoms with Gasteiger partial charge in [-0.3, -0.25) is 4.79 Å². The first-order valence-corrected chi connectivity index (χ1v) is 11.6. The molecule has 160 valence electrons. The molecule has 0 heterocycles. The maximum absolute atomic E-state index is 12.9. The molecular formula is C21H28I2N2O4. The molecule has 0 saturated heterocycles. The molecule has 1 aromatic carbocycles. The summed E-state index contributed by atoms with van der Waals surface area (Å²) in [5.74, 6) is -0.0934. The summed E-state index contributed by atoms with van der Waals surface area (Å²) >= 11 is 4.08. The van der Waals surface area contributed by atoms with Gasteiger partial charge in [0.2, 0.25) is 5.91 Å². The van der Waals surface area contributed by atoms with E-state index in [1.807, 2.05) is 52.1 Å². The van der Waals surface area contributed by atoms with Crippen LogP contribution in [0.2, 0.25) is 0 Å². The number of benzene rings is 1. The van der Waals surface area contributed by atoms with Crippen LogP contribution in [-0.4, -0.2) is 35.8 Å². The molecule has 0 unspecified atom stereocenters. The van der Waals surface area contributed by atoms with Crippen molar-refractivity contribution in [1.82, 2.24) is 10.6 Å². The van der Waals surface area contributed by atoms with E-state index in [4.69, 9.17) is 4.74 Å². The summed E-state index contributed by atoms with van der Waals surface area (Å²) in [6, 6.07) is 2.65. The van der Waals surface area contributed by atoms with Crippen molar-refractivity contribution in [2.45, 2.75) is 51.1 Å². The number of hydrogen-bond acceptors (Lipinski definition) is 4. The largest absolute Gasteiger partial charge is 0.506 e. The summed E-state index contributed by atoms with van der Waals surface area (Å²) in [5, 5.41) is 15.6. The topological polar surface area (TPSA) is 87.7 Å². The fourth-order valence-corrected chi connectivity index (χ4v) is 4.49. The number of halogens is 2. The fourth-order valence-electron chi connectivity index (χ4n) is 2.59. The number of carbonyl (C=O) groups excluding carboxylic acids is 2. The van der Waals surface area contributed by atoms with Crippen LogP contribution < -0.4 is 10.6 Å². The Bertz CT molecular complexity index is 692. The third-order valence-electron chi connectivity index (χ3n) is 4.10. The number of phenolic OH excluding ortho intramolecular Hbond substituents is 1. The zero-order valence-electron chi connectivity index (χ0n) is 16.5. The molecule has 1 atom stereocenters. The van der Waals surface area contributed by atoms with Gasteiger partial charge in [-0.05, 0) is 82.1 Å². The summed E-state index contributed by atoms with van der Waals surface area (Å²) in [7, 11) is 0. The minimum absolute atomic E-state index is 0.141. The number of carbonyl (C=O) groups is 2. The normalized spacial score (nSPS) is 11.6. The number of unbranched alkanes of at least 4 members (excludes halogenated alkanes) is 1. The number of ether oxygens (including phenoxy) is 1. The quantitative estimate of drug-likeness (QED) is 0.179. The first-order chi connectivity index (χ1) is 13.8. The zero-order chi connectivity index (χ0) is 21.8. The van der Waals surface area contributed by atoms with E-state index in [9.17, 15) is 14.7 Å². The minimum Gasteiger partial charge on any atom is -0.506 e. The molecule has 1 aromatic rings. The Morgan fingerprint density at radius 1 is 1.17 bits per heavy atom. The Kier molecular flexibility index (Phi) is 12.3. The first kappa shape index (κ1) is 25.7.